The fourth-order valence-corrected chi connectivity index (χ4v) is 2.57. The molecular weight excluding hydrogens is 288 g/mol. The quantitative estimate of drug-likeness (QED) is 0.626. The van der Waals surface area contributed by atoms with Gasteiger partial charge in [0.2, 0.25) is 0 Å². The molecule has 4 nitrogen and oxygen atoms in total. The topological polar surface area (TPSA) is 45.7 Å². The number of nitrogens with one attached hydrogen (secondary N) is 2. The van der Waals surface area contributed by atoms with Crippen LogP contribution in [0.5, 0.6) is 5.75 Å². The molecule has 2 rings (SSSR count). The zero-order valence-corrected chi connectivity index (χ0v) is 12.8. The van der Waals surface area contributed by atoms with E-state index in [1.54, 1.807) is 12.1 Å². The van der Waals surface area contributed by atoms with Crippen LogP contribution < -0.4 is 15.4 Å². The van der Waals surface area contributed by atoms with Gasteiger partial charge in [-0.1, -0.05) is 25.0 Å². The summed E-state index contributed by atoms with van der Waals surface area (Å²) in [5, 5.41) is 6.64. The molecule has 122 valence electrons. The van der Waals surface area contributed by atoms with Crippen LogP contribution in [-0.2, 0) is 6.54 Å². The molecule has 1 aliphatic carbocycles. The minimum atomic E-state index is -2.81. The van der Waals surface area contributed by atoms with Crippen molar-refractivity contribution in [3.05, 3.63) is 29.8 Å². The number of nitrogens with zero attached hydrogens (tertiary/aromatic N) is 1. The fourth-order valence-electron chi connectivity index (χ4n) is 2.57. The van der Waals surface area contributed by atoms with Crippen LogP contribution in [0.15, 0.2) is 29.3 Å². The maximum atomic E-state index is 12.2. The predicted molar refractivity (Wildman–Crippen MR) is 83.3 cm³/mol. The first kappa shape index (κ1) is 16.5. The van der Waals surface area contributed by atoms with E-state index >= 15 is 0 Å². The highest BCUT2D eigenvalue weighted by atomic mass is 19.3. The molecule has 0 radical (unpaired) electrons. The van der Waals surface area contributed by atoms with Gasteiger partial charge in [0, 0.05) is 12.6 Å². The zero-order valence-electron chi connectivity index (χ0n) is 12.8. The molecule has 1 aromatic carbocycles. The second kappa shape index (κ2) is 8.56. The van der Waals surface area contributed by atoms with Gasteiger partial charge in [0.25, 0.3) is 0 Å². The normalized spacial score (nSPS) is 16.1. The maximum Gasteiger partial charge on any atom is 0.387 e. The minimum absolute atomic E-state index is 0.163. The molecule has 0 amide bonds. The van der Waals surface area contributed by atoms with Crippen molar-refractivity contribution in [1.29, 1.82) is 0 Å². The predicted octanol–water partition coefficient (Wildman–Crippen LogP) is 3.29. The number of ether oxygens (including phenoxy) is 1. The molecule has 22 heavy (non-hydrogen) atoms. The first-order valence-corrected chi connectivity index (χ1v) is 7.76. The average Bonchev–Trinajstić information content (AvgIpc) is 2.98. The number of alkyl halides is 2. The molecule has 1 aromatic rings. The van der Waals surface area contributed by atoms with Gasteiger partial charge in [-0.05, 0) is 37.5 Å². The number of aliphatic imine (C=N–C) groups is 1. The van der Waals surface area contributed by atoms with E-state index in [9.17, 15) is 8.78 Å². The molecule has 0 spiro atoms. The van der Waals surface area contributed by atoms with Crippen LogP contribution in [0.1, 0.15) is 38.2 Å². The van der Waals surface area contributed by atoms with Crippen LogP contribution in [0.25, 0.3) is 0 Å². The van der Waals surface area contributed by atoms with E-state index in [1.165, 1.54) is 31.7 Å². The largest absolute Gasteiger partial charge is 0.435 e. The highest BCUT2D eigenvalue weighted by Crippen LogP contribution is 2.18. The lowest BCUT2D eigenvalue weighted by molar-refractivity contribution is -0.0498. The smallest absolute Gasteiger partial charge is 0.387 e. The van der Waals surface area contributed by atoms with Crippen LogP contribution in [0.3, 0.4) is 0 Å². The Morgan fingerprint density at radius 2 is 2.14 bits per heavy atom. The van der Waals surface area contributed by atoms with Gasteiger partial charge in [-0.2, -0.15) is 8.78 Å². The van der Waals surface area contributed by atoms with E-state index < -0.39 is 6.61 Å². The number of hydrogen-bond donors (Lipinski definition) is 2. The van der Waals surface area contributed by atoms with Crippen LogP contribution in [-0.4, -0.2) is 25.2 Å². The summed E-state index contributed by atoms with van der Waals surface area (Å²) < 4.78 is 28.9. The minimum Gasteiger partial charge on any atom is -0.435 e. The van der Waals surface area contributed by atoms with Crippen LogP contribution in [0.2, 0.25) is 0 Å². The van der Waals surface area contributed by atoms with E-state index in [2.05, 4.69) is 20.4 Å². The Kier molecular flexibility index (Phi) is 6.43. The van der Waals surface area contributed by atoms with Gasteiger partial charge in [-0.15, -0.1) is 0 Å². The Bertz CT molecular complexity index is 488. The third kappa shape index (κ3) is 5.50. The molecule has 1 fully saturated rings. The Balaban J connectivity index is 1.96. The molecule has 0 saturated heterocycles. The van der Waals surface area contributed by atoms with Crippen molar-refractivity contribution in [3.8, 4) is 5.75 Å². The summed E-state index contributed by atoms with van der Waals surface area (Å²) in [6, 6.07) is 7.13. The van der Waals surface area contributed by atoms with Gasteiger partial charge in [0.15, 0.2) is 5.96 Å². The lowest BCUT2D eigenvalue weighted by Crippen LogP contribution is -2.42. The fraction of sp³-hybridized carbons (Fsp3) is 0.562. The van der Waals surface area contributed by atoms with E-state index in [1.807, 2.05) is 13.0 Å². The molecule has 0 heterocycles. The molecule has 1 saturated carbocycles. The molecule has 1 aliphatic rings. The van der Waals surface area contributed by atoms with E-state index in [-0.39, 0.29) is 5.75 Å². The van der Waals surface area contributed by atoms with Gasteiger partial charge in [-0.25, -0.2) is 4.99 Å². The second-order valence-electron chi connectivity index (χ2n) is 5.35. The molecular formula is C16H23F2N3O. The van der Waals surface area contributed by atoms with E-state index in [0.717, 1.165) is 18.1 Å². The molecule has 2 N–H and O–H groups in total. The Morgan fingerprint density at radius 3 is 2.82 bits per heavy atom. The van der Waals surface area contributed by atoms with E-state index in [4.69, 9.17) is 0 Å². The number of rotatable bonds is 6. The van der Waals surface area contributed by atoms with E-state index in [0.29, 0.717) is 12.6 Å². The lowest BCUT2D eigenvalue weighted by atomic mass is 10.2. The summed E-state index contributed by atoms with van der Waals surface area (Å²) in [6.45, 7) is 0.415. The van der Waals surface area contributed by atoms with Gasteiger partial charge in [0.1, 0.15) is 5.75 Å². The maximum absolute atomic E-state index is 12.2. The number of hydrogen-bond acceptors (Lipinski definition) is 2. The SMILES string of the molecule is CCNC(=NCc1cccc(OC(F)F)c1)NC1CCCC1. The first-order chi connectivity index (χ1) is 10.7. The van der Waals surface area contributed by atoms with Crippen molar-refractivity contribution >= 4 is 5.96 Å². The number of halogens is 2. The van der Waals surface area contributed by atoms with Gasteiger partial charge < -0.3 is 15.4 Å². The Hall–Kier alpha value is -1.85. The molecule has 6 heteroatoms. The standard InChI is InChI=1S/C16H23F2N3O/c1-2-19-16(21-13-7-3-4-8-13)20-11-12-6-5-9-14(10-12)22-15(17)18/h5-6,9-10,13,15H,2-4,7-8,11H2,1H3,(H2,19,20,21). The second-order valence-corrected chi connectivity index (χ2v) is 5.35. The highest BCUT2D eigenvalue weighted by molar-refractivity contribution is 5.80. The van der Waals surface area contributed by atoms with Crippen LogP contribution >= 0.6 is 0 Å². The van der Waals surface area contributed by atoms with Crippen molar-refractivity contribution in [1.82, 2.24) is 10.6 Å². The number of guanidine groups is 1. The Labute approximate surface area is 130 Å². The summed E-state index contributed by atoms with van der Waals surface area (Å²) in [6.07, 6.45) is 4.85. The van der Waals surface area contributed by atoms with Crippen molar-refractivity contribution in [2.45, 2.75) is 51.8 Å². The summed E-state index contributed by atoms with van der Waals surface area (Å²) >= 11 is 0. The third-order valence-corrected chi connectivity index (χ3v) is 3.58. The summed E-state index contributed by atoms with van der Waals surface area (Å²) in [7, 11) is 0. The first-order valence-electron chi connectivity index (χ1n) is 7.76. The molecule has 0 atom stereocenters. The molecule has 0 unspecified atom stereocenters. The van der Waals surface area contributed by atoms with Crippen LogP contribution in [0.4, 0.5) is 8.78 Å². The molecule has 0 aliphatic heterocycles. The monoisotopic (exact) mass is 311 g/mol. The van der Waals surface area contributed by atoms with Gasteiger partial charge in [0.05, 0.1) is 6.54 Å². The van der Waals surface area contributed by atoms with Crippen molar-refractivity contribution < 1.29 is 13.5 Å². The van der Waals surface area contributed by atoms with Gasteiger partial charge >= 0.3 is 6.61 Å². The summed E-state index contributed by atoms with van der Waals surface area (Å²) in [4.78, 5) is 4.52. The number of benzene rings is 1. The van der Waals surface area contributed by atoms with Gasteiger partial charge in [-0.3, -0.25) is 0 Å². The van der Waals surface area contributed by atoms with Crippen molar-refractivity contribution in [2.24, 2.45) is 4.99 Å². The Morgan fingerprint density at radius 1 is 1.36 bits per heavy atom. The summed E-state index contributed by atoms with van der Waals surface area (Å²) in [5.74, 6) is 0.936. The average molecular weight is 311 g/mol. The molecule has 0 aromatic heterocycles. The van der Waals surface area contributed by atoms with Crippen molar-refractivity contribution in [2.75, 3.05) is 6.54 Å². The zero-order chi connectivity index (χ0) is 15.8. The lowest BCUT2D eigenvalue weighted by Gasteiger charge is -2.16. The third-order valence-electron chi connectivity index (χ3n) is 3.58. The van der Waals surface area contributed by atoms with Crippen LogP contribution in [0, 0.1) is 0 Å². The molecule has 0 bridgehead atoms. The summed E-state index contributed by atoms with van der Waals surface area (Å²) in [5.41, 5.74) is 0.835. The highest BCUT2D eigenvalue weighted by Gasteiger charge is 2.15. The van der Waals surface area contributed by atoms with Crippen molar-refractivity contribution in [3.63, 3.8) is 0 Å².